The Labute approximate surface area is 94.3 Å². The number of likely N-dealkylation sites (tertiary alicyclic amines) is 1. The molecule has 0 bridgehead atoms. The zero-order valence-electron chi connectivity index (χ0n) is 9.77. The molecule has 1 rings (SSSR count). The summed E-state index contributed by atoms with van der Waals surface area (Å²) in [5.74, 6) is -0.623. The topological polar surface area (TPSA) is 92.9 Å². The molecule has 0 aliphatic carbocycles. The number of carbonyl (C=O) groups is 2. The maximum absolute atomic E-state index is 11.7. The molecule has 0 aromatic carbocycles. The minimum atomic E-state index is -0.773. The molecule has 2 atom stereocenters. The van der Waals surface area contributed by atoms with Crippen LogP contribution < -0.4 is 5.73 Å². The molecule has 1 heterocycles. The van der Waals surface area contributed by atoms with E-state index in [0.717, 1.165) is 0 Å². The van der Waals surface area contributed by atoms with Gasteiger partial charge >= 0.3 is 6.09 Å². The first kappa shape index (κ1) is 12.8. The van der Waals surface area contributed by atoms with Crippen molar-refractivity contribution in [1.29, 1.82) is 0 Å². The maximum atomic E-state index is 11.7. The molecule has 1 aliphatic heterocycles. The number of amides is 2. The van der Waals surface area contributed by atoms with Gasteiger partial charge in [-0.1, -0.05) is 0 Å². The van der Waals surface area contributed by atoms with Crippen LogP contribution in [0, 0.1) is 0 Å². The second-order valence-electron chi connectivity index (χ2n) is 4.94. The van der Waals surface area contributed by atoms with Gasteiger partial charge in [-0.15, -0.1) is 0 Å². The Morgan fingerprint density at radius 1 is 1.44 bits per heavy atom. The summed E-state index contributed by atoms with van der Waals surface area (Å²) in [4.78, 5) is 24.0. The highest BCUT2D eigenvalue weighted by molar-refractivity contribution is 5.85. The van der Waals surface area contributed by atoms with Crippen molar-refractivity contribution in [2.75, 3.05) is 6.54 Å². The van der Waals surface area contributed by atoms with Crippen LogP contribution in [-0.2, 0) is 9.53 Å². The smallest absolute Gasteiger partial charge is 0.411 e. The Morgan fingerprint density at radius 2 is 2.00 bits per heavy atom. The van der Waals surface area contributed by atoms with Gasteiger partial charge in [0, 0.05) is 6.42 Å². The molecule has 1 aliphatic rings. The summed E-state index contributed by atoms with van der Waals surface area (Å²) in [6, 6.07) is -0.773. The number of aliphatic hydroxyl groups excluding tert-OH is 1. The van der Waals surface area contributed by atoms with Crippen LogP contribution in [0.25, 0.3) is 0 Å². The van der Waals surface area contributed by atoms with Crippen molar-refractivity contribution in [2.45, 2.75) is 44.9 Å². The summed E-state index contributed by atoms with van der Waals surface area (Å²) in [5.41, 5.74) is 4.52. The van der Waals surface area contributed by atoms with E-state index in [9.17, 15) is 14.7 Å². The molecule has 0 saturated carbocycles. The van der Waals surface area contributed by atoms with E-state index in [0.29, 0.717) is 0 Å². The Morgan fingerprint density at radius 3 is 2.44 bits per heavy atom. The van der Waals surface area contributed by atoms with Gasteiger partial charge in [0.15, 0.2) is 0 Å². The Bertz CT molecular complexity index is 298. The molecule has 92 valence electrons. The molecule has 0 spiro atoms. The fourth-order valence-corrected chi connectivity index (χ4v) is 1.61. The Hall–Kier alpha value is -1.30. The first-order chi connectivity index (χ1) is 7.20. The molecule has 3 N–H and O–H groups in total. The first-order valence-corrected chi connectivity index (χ1v) is 5.17. The average Bonchev–Trinajstić information content (AvgIpc) is 2.44. The van der Waals surface area contributed by atoms with Gasteiger partial charge in [-0.05, 0) is 20.8 Å². The molecule has 0 radical (unpaired) electrons. The SMILES string of the molecule is CC(C)(C)O[13C](=O)N1C[C@H](O)C[C@H]1C(N)=O. The lowest BCUT2D eigenvalue weighted by Crippen LogP contribution is -2.45. The van der Waals surface area contributed by atoms with Crippen LogP contribution in [0.1, 0.15) is 27.2 Å². The highest BCUT2D eigenvalue weighted by atomic mass is 16.7. The molecule has 2 amide bonds. The monoisotopic (exact) mass is 231 g/mol. The summed E-state index contributed by atoms with van der Waals surface area (Å²) in [5, 5.41) is 9.41. The van der Waals surface area contributed by atoms with Crippen LogP contribution in [-0.4, -0.2) is 46.3 Å². The van der Waals surface area contributed by atoms with Gasteiger partial charge in [-0.3, -0.25) is 9.69 Å². The molecule has 0 aromatic heterocycles. The van der Waals surface area contributed by atoms with Crippen LogP contribution >= 0.6 is 0 Å². The molecular weight excluding hydrogens is 213 g/mol. The van der Waals surface area contributed by atoms with E-state index in [1.54, 1.807) is 20.8 Å². The fraction of sp³-hybridized carbons (Fsp3) is 0.800. The second kappa shape index (κ2) is 4.29. The summed E-state index contributed by atoms with van der Waals surface area (Å²) in [6.45, 7) is 5.28. The van der Waals surface area contributed by atoms with Gasteiger partial charge in [0.2, 0.25) is 5.91 Å². The number of β-amino-alcohol motifs (C(OH)–C–C–N with tert-alkyl or cyclic N) is 1. The van der Waals surface area contributed by atoms with Crippen molar-refractivity contribution < 1.29 is 19.4 Å². The third-order valence-corrected chi connectivity index (χ3v) is 2.24. The van der Waals surface area contributed by atoms with Crippen LogP contribution in [0.4, 0.5) is 4.79 Å². The van der Waals surface area contributed by atoms with Crippen molar-refractivity contribution in [3.8, 4) is 0 Å². The molecule has 6 nitrogen and oxygen atoms in total. The number of nitrogens with zero attached hydrogens (tertiary/aromatic N) is 1. The van der Waals surface area contributed by atoms with E-state index in [4.69, 9.17) is 10.5 Å². The van der Waals surface area contributed by atoms with Gasteiger partial charge in [-0.2, -0.15) is 0 Å². The number of hydrogen-bond donors (Lipinski definition) is 2. The molecule has 1 saturated heterocycles. The van der Waals surface area contributed by atoms with E-state index in [1.807, 2.05) is 0 Å². The predicted octanol–water partition coefficient (Wildman–Crippen LogP) is -0.158. The van der Waals surface area contributed by atoms with Crippen LogP contribution in [0.15, 0.2) is 0 Å². The number of hydrogen-bond acceptors (Lipinski definition) is 4. The van der Waals surface area contributed by atoms with Gasteiger partial charge in [0.05, 0.1) is 12.6 Å². The number of carbonyl (C=O) groups excluding carboxylic acids is 2. The van der Waals surface area contributed by atoms with Gasteiger partial charge < -0.3 is 15.6 Å². The molecule has 6 heteroatoms. The molecule has 0 unspecified atom stereocenters. The highest BCUT2D eigenvalue weighted by Crippen LogP contribution is 2.20. The second-order valence-corrected chi connectivity index (χ2v) is 4.94. The van der Waals surface area contributed by atoms with Gasteiger partial charge in [0.25, 0.3) is 0 Å². The van der Waals surface area contributed by atoms with Crippen LogP contribution in [0.2, 0.25) is 0 Å². The molecule has 0 aromatic rings. The lowest BCUT2D eigenvalue weighted by molar-refractivity contribution is -0.122. The van der Waals surface area contributed by atoms with Crippen molar-refractivity contribution in [1.82, 2.24) is 4.90 Å². The van der Waals surface area contributed by atoms with Crippen molar-refractivity contribution in [3.63, 3.8) is 0 Å². The number of rotatable bonds is 1. The minimum absolute atomic E-state index is 0.0858. The summed E-state index contributed by atoms with van der Waals surface area (Å²) >= 11 is 0. The van der Waals surface area contributed by atoms with E-state index in [1.165, 1.54) is 4.90 Å². The number of primary amides is 1. The number of ether oxygens (including phenoxy) is 1. The fourth-order valence-electron chi connectivity index (χ4n) is 1.61. The quantitative estimate of drug-likeness (QED) is 0.613. The third kappa shape index (κ3) is 3.10. The first-order valence-electron chi connectivity index (χ1n) is 5.17. The molecule has 16 heavy (non-hydrogen) atoms. The zero-order chi connectivity index (χ0) is 12.5. The van der Waals surface area contributed by atoms with Gasteiger partial charge in [0.1, 0.15) is 11.6 Å². The maximum Gasteiger partial charge on any atom is 0.411 e. The van der Waals surface area contributed by atoms with E-state index in [-0.39, 0.29) is 13.0 Å². The van der Waals surface area contributed by atoms with Crippen LogP contribution in [0.3, 0.4) is 0 Å². The normalized spacial score (nSPS) is 25.6. The summed E-state index contributed by atoms with van der Waals surface area (Å²) in [7, 11) is 0. The Kier molecular flexibility index (Phi) is 3.42. The third-order valence-electron chi connectivity index (χ3n) is 2.24. The van der Waals surface area contributed by atoms with E-state index < -0.39 is 29.7 Å². The standard InChI is InChI=1S/C10H18N2O4/c1-10(2,3)16-9(15)12-5-6(13)4-7(12)8(11)14/h6-7,13H,4-5H2,1-3H3,(H2,11,14)/t6-,7+/m1/s1/i9+1. The van der Waals surface area contributed by atoms with E-state index >= 15 is 0 Å². The minimum Gasteiger partial charge on any atom is -0.444 e. The molecule has 1 fully saturated rings. The van der Waals surface area contributed by atoms with Crippen molar-refractivity contribution >= 4 is 12.0 Å². The highest BCUT2D eigenvalue weighted by Gasteiger charge is 2.39. The predicted molar refractivity (Wildman–Crippen MR) is 56.5 cm³/mol. The van der Waals surface area contributed by atoms with E-state index in [2.05, 4.69) is 0 Å². The summed E-state index contributed by atoms with van der Waals surface area (Å²) < 4.78 is 5.12. The zero-order valence-corrected chi connectivity index (χ0v) is 9.77. The number of aliphatic hydroxyl groups is 1. The molecular formula is C10H18N2O4. The number of nitrogens with two attached hydrogens (primary N) is 1. The Balaban J connectivity index is 2.71. The largest absolute Gasteiger partial charge is 0.444 e. The van der Waals surface area contributed by atoms with Gasteiger partial charge in [-0.25, -0.2) is 4.79 Å². The van der Waals surface area contributed by atoms with Crippen LogP contribution in [0.5, 0.6) is 0 Å². The average molecular weight is 231 g/mol. The van der Waals surface area contributed by atoms with Crippen molar-refractivity contribution in [3.05, 3.63) is 0 Å². The lowest BCUT2D eigenvalue weighted by atomic mass is 10.2. The summed E-state index contributed by atoms with van der Waals surface area (Å²) in [6.07, 6.45) is -1.16. The van der Waals surface area contributed by atoms with Crippen molar-refractivity contribution in [2.24, 2.45) is 5.73 Å². The lowest BCUT2D eigenvalue weighted by Gasteiger charge is -2.26.